The smallest absolute Gasteiger partial charge is 0.248 e. The molecule has 0 saturated carbocycles. The minimum Gasteiger partial charge on any atom is -0.375 e. The van der Waals surface area contributed by atoms with Crippen molar-refractivity contribution in [2.75, 3.05) is 44.8 Å². The van der Waals surface area contributed by atoms with Crippen LogP contribution in [0.15, 0.2) is 12.4 Å². The predicted molar refractivity (Wildman–Crippen MR) is 68.6 cm³/mol. The van der Waals surface area contributed by atoms with Crippen LogP contribution in [0.2, 0.25) is 0 Å². The van der Waals surface area contributed by atoms with Crippen molar-refractivity contribution >= 4 is 11.9 Å². The van der Waals surface area contributed by atoms with E-state index in [1.807, 2.05) is 17.3 Å². The molecular weight excluding hydrogens is 232 g/mol. The van der Waals surface area contributed by atoms with Gasteiger partial charge in [0, 0.05) is 52.2 Å². The molecule has 1 aliphatic heterocycles. The first-order valence-electron chi connectivity index (χ1n) is 6.29. The van der Waals surface area contributed by atoms with Gasteiger partial charge >= 0.3 is 0 Å². The first kappa shape index (κ1) is 12.9. The molecule has 1 aromatic rings. The Labute approximate surface area is 107 Å². The van der Waals surface area contributed by atoms with Crippen molar-refractivity contribution in [2.45, 2.75) is 13.5 Å². The van der Waals surface area contributed by atoms with E-state index in [-0.39, 0.29) is 12.5 Å². The van der Waals surface area contributed by atoms with Crippen LogP contribution in [-0.4, -0.2) is 60.3 Å². The zero-order valence-corrected chi connectivity index (χ0v) is 11.0. The lowest BCUT2D eigenvalue weighted by atomic mass is 10.3. The Morgan fingerprint density at radius 3 is 2.72 bits per heavy atom. The maximum absolute atomic E-state index is 11.7. The van der Waals surface area contributed by atoms with E-state index in [9.17, 15) is 4.79 Å². The van der Waals surface area contributed by atoms with E-state index in [2.05, 4.69) is 21.4 Å². The van der Waals surface area contributed by atoms with Gasteiger partial charge in [-0.15, -0.1) is 0 Å². The lowest BCUT2D eigenvalue weighted by Crippen LogP contribution is -2.50. The Balaban J connectivity index is 1.92. The number of aromatic nitrogens is 2. The Bertz CT molecular complexity index is 397. The molecule has 1 amide bonds. The molecule has 2 rings (SSSR count). The van der Waals surface area contributed by atoms with Crippen LogP contribution in [0, 0.1) is 0 Å². The van der Waals surface area contributed by atoms with Crippen molar-refractivity contribution in [1.82, 2.24) is 14.5 Å². The van der Waals surface area contributed by atoms with Crippen molar-refractivity contribution in [1.29, 1.82) is 0 Å². The van der Waals surface area contributed by atoms with Gasteiger partial charge in [-0.2, -0.15) is 0 Å². The summed E-state index contributed by atoms with van der Waals surface area (Å²) in [6, 6.07) is 0. The third kappa shape index (κ3) is 2.64. The number of hydrogen-bond acceptors (Lipinski definition) is 4. The molecule has 1 aromatic heterocycles. The van der Waals surface area contributed by atoms with Gasteiger partial charge in [0.1, 0.15) is 6.61 Å². The molecule has 0 bridgehead atoms. The summed E-state index contributed by atoms with van der Waals surface area (Å²) in [6.07, 6.45) is 3.80. The van der Waals surface area contributed by atoms with Crippen molar-refractivity contribution in [3.8, 4) is 0 Å². The zero-order valence-electron chi connectivity index (χ0n) is 11.0. The minimum absolute atomic E-state index is 0.0657. The van der Waals surface area contributed by atoms with Gasteiger partial charge in [-0.05, 0) is 6.92 Å². The molecule has 0 radical (unpaired) electrons. The first-order valence-corrected chi connectivity index (χ1v) is 6.29. The molecule has 1 aliphatic rings. The summed E-state index contributed by atoms with van der Waals surface area (Å²) in [6.45, 7) is 6.31. The van der Waals surface area contributed by atoms with Crippen LogP contribution >= 0.6 is 0 Å². The molecule has 6 heteroatoms. The SMILES string of the molecule is CCn1ccnc1N1CCN(C(=O)COC)CC1. The van der Waals surface area contributed by atoms with Crippen LogP contribution in [0.3, 0.4) is 0 Å². The number of nitrogens with zero attached hydrogens (tertiary/aromatic N) is 4. The molecule has 1 fully saturated rings. The number of anilines is 1. The summed E-state index contributed by atoms with van der Waals surface area (Å²) in [5, 5.41) is 0. The van der Waals surface area contributed by atoms with Crippen LogP contribution in [0.25, 0.3) is 0 Å². The highest BCUT2D eigenvalue weighted by Gasteiger charge is 2.22. The average molecular weight is 252 g/mol. The summed E-state index contributed by atoms with van der Waals surface area (Å²) < 4.78 is 6.99. The second-order valence-corrected chi connectivity index (χ2v) is 4.31. The number of rotatable bonds is 4. The fraction of sp³-hybridized carbons (Fsp3) is 0.667. The number of methoxy groups -OCH3 is 1. The standard InChI is InChI=1S/C12H20N4O2/c1-3-14-5-4-13-12(14)16-8-6-15(7-9-16)11(17)10-18-2/h4-5H,3,6-10H2,1-2H3. The number of piperazine rings is 1. The van der Waals surface area contributed by atoms with Gasteiger partial charge in [-0.3, -0.25) is 4.79 Å². The average Bonchev–Trinajstić information content (AvgIpc) is 2.87. The fourth-order valence-corrected chi connectivity index (χ4v) is 2.20. The number of amides is 1. The van der Waals surface area contributed by atoms with Gasteiger partial charge < -0.3 is 19.1 Å². The third-order valence-corrected chi connectivity index (χ3v) is 3.22. The molecule has 0 atom stereocenters. The summed E-state index contributed by atoms with van der Waals surface area (Å²) in [5.74, 6) is 1.06. The number of ether oxygens (including phenoxy) is 1. The Kier molecular flexibility index (Phi) is 4.19. The highest BCUT2D eigenvalue weighted by molar-refractivity contribution is 5.77. The summed E-state index contributed by atoms with van der Waals surface area (Å²) >= 11 is 0. The van der Waals surface area contributed by atoms with Gasteiger partial charge in [-0.25, -0.2) is 4.98 Å². The van der Waals surface area contributed by atoms with E-state index in [1.165, 1.54) is 0 Å². The van der Waals surface area contributed by atoms with Crippen LogP contribution < -0.4 is 4.90 Å². The molecular formula is C12H20N4O2. The van der Waals surface area contributed by atoms with Gasteiger partial charge in [0.05, 0.1) is 0 Å². The summed E-state index contributed by atoms with van der Waals surface area (Å²) in [7, 11) is 1.55. The number of carbonyl (C=O) groups is 1. The van der Waals surface area contributed by atoms with E-state index >= 15 is 0 Å². The zero-order chi connectivity index (χ0) is 13.0. The van der Waals surface area contributed by atoms with Crippen molar-refractivity contribution in [3.63, 3.8) is 0 Å². The number of aryl methyl sites for hydroxylation is 1. The normalized spacial score (nSPS) is 16.1. The first-order chi connectivity index (χ1) is 8.76. The van der Waals surface area contributed by atoms with Crippen molar-refractivity contribution < 1.29 is 9.53 Å². The number of hydrogen-bond donors (Lipinski definition) is 0. The Hall–Kier alpha value is -1.56. The minimum atomic E-state index is 0.0657. The molecule has 1 saturated heterocycles. The predicted octanol–water partition coefficient (Wildman–Crippen LogP) is 0.198. The molecule has 0 N–H and O–H groups in total. The molecule has 6 nitrogen and oxygen atoms in total. The molecule has 100 valence electrons. The van der Waals surface area contributed by atoms with Gasteiger partial charge in [-0.1, -0.05) is 0 Å². The van der Waals surface area contributed by atoms with E-state index in [0.29, 0.717) is 0 Å². The maximum Gasteiger partial charge on any atom is 0.248 e. The largest absolute Gasteiger partial charge is 0.375 e. The molecule has 2 heterocycles. The number of imidazole rings is 1. The van der Waals surface area contributed by atoms with Crippen LogP contribution in [0.4, 0.5) is 5.95 Å². The second-order valence-electron chi connectivity index (χ2n) is 4.31. The summed E-state index contributed by atoms with van der Waals surface area (Å²) in [5.41, 5.74) is 0. The number of carbonyl (C=O) groups excluding carboxylic acids is 1. The van der Waals surface area contributed by atoms with Gasteiger partial charge in [0.25, 0.3) is 0 Å². The maximum atomic E-state index is 11.7. The van der Waals surface area contributed by atoms with E-state index in [0.717, 1.165) is 38.7 Å². The molecule has 0 unspecified atom stereocenters. The van der Waals surface area contributed by atoms with Crippen LogP contribution in [0.5, 0.6) is 0 Å². The van der Waals surface area contributed by atoms with E-state index < -0.39 is 0 Å². The third-order valence-electron chi connectivity index (χ3n) is 3.22. The molecule has 0 spiro atoms. The Morgan fingerprint density at radius 1 is 1.39 bits per heavy atom. The van der Waals surface area contributed by atoms with Crippen molar-refractivity contribution in [3.05, 3.63) is 12.4 Å². The van der Waals surface area contributed by atoms with E-state index in [4.69, 9.17) is 4.74 Å². The van der Waals surface area contributed by atoms with E-state index in [1.54, 1.807) is 7.11 Å². The lowest BCUT2D eigenvalue weighted by molar-refractivity contribution is -0.135. The quantitative estimate of drug-likeness (QED) is 0.768. The fourth-order valence-electron chi connectivity index (χ4n) is 2.20. The summed E-state index contributed by atoms with van der Waals surface area (Å²) in [4.78, 5) is 20.1. The second kappa shape index (κ2) is 5.86. The highest BCUT2D eigenvalue weighted by Crippen LogP contribution is 2.14. The molecule has 0 aromatic carbocycles. The van der Waals surface area contributed by atoms with Crippen molar-refractivity contribution in [2.24, 2.45) is 0 Å². The molecule has 18 heavy (non-hydrogen) atoms. The highest BCUT2D eigenvalue weighted by atomic mass is 16.5. The van der Waals surface area contributed by atoms with Crippen LogP contribution in [0.1, 0.15) is 6.92 Å². The van der Waals surface area contributed by atoms with Gasteiger partial charge in [0.2, 0.25) is 11.9 Å². The lowest BCUT2D eigenvalue weighted by Gasteiger charge is -2.35. The monoisotopic (exact) mass is 252 g/mol. The molecule has 0 aliphatic carbocycles. The van der Waals surface area contributed by atoms with Gasteiger partial charge in [0.15, 0.2) is 0 Å². The topological polar surface area (TPSA) is 50.6 Å². The Morgan fingerprint density at radius 2 is 2.11 bits per heavy atom. The van der Waals surface area contributed by atoms with Crippen LogP contribution in [-0.2, 0) is 16.1 Å².